The molecule has 1 amide bonds. The molecule has 0 aliphatic rings. The lowest BCUT2D eigenvalue weighted by molar-refractivity contribution is -0.121. The molecule has 0 saturated carbocycles. The number of thiazole rings is 1. The van der Waals surface area contributed by atoms with Crippen molar-refractivity contribution in [2.45, 2.75) is 26.3 Å². The van der Waals surface area contributed by atoms with Crippen molar-refractivity contribution in [3.05, 3.63) is 29.6 Å². The third kappa shape index (κ3) is 4.96. The Morgan fingerprint density at radius 1 is 1.46 bits per heavy atom. The van der Waals surface area contributed by atoms with Crippen molar-refractivity contribution in [2.24, 2.45) is 5.92 Å². The Morgan fingerprint density at radius 3 is 2.92 bits per heavy atom. The Bertz CT molecular complexity index is 735. The van der Waals surface area contributed by atoms with Crippen LogP contribution < -0.4 is 16.4 Å². The number of nitrogens with one attached hydrogen (secondary N) is 2. The van der Waals surface area contributed by atoms with Crippen LogP contribution >= 0.6 is 11.3 Å². The molecule has 2 aromatic rings. The molecule has 7 heteroatoms. The minimum absolute atomic E-state index is 0.00151. The number of carbonyl (C=O) groups is 1. The van der Waals surface area contributed by atoms with Crippen LogP contribution in [0, 0.1) is 17.2 Å². The van der Waals surface area contributed by atoms with Gasteiger partial charge in [0, 0.05) is 16.6 Å². The fraction of sp³-hybridized carbons (Fsp3) is 0.353. The van der Waals surface area contributed by atoms with Crippen molar-refractivity contribution in [3.8, 4) is 17.3 Å². The number of aromatic nitrogens is 1. The van der Waals surface area contributed by atoms with Crippen LogP contribution in [-0.2, 0) is 4.79 Å². The molecular formula is C17H21N5OS. The normalized spacial score (nSPS) is 11.8. The summed E-state index contributed by atoms with van der Waals surface area (Å²) in [5.74, 6) is 0.148. The highest BCUT2D eigenvalue weighted by Gasteiger charge is 2.20. The number of benzene rings is 1. The molecular weight excluding hydrogens is 322 g/mol. The van der Waals surface area contributed by atoms with E-state index in [0.717, 1.165) is 11.3 Å². The number of rotatable bonds is 7. The van der Waals surface area contributed by atoms with E-state index >= 15 is 0 Å². The van der Waals surface area contributed by atoms with Gasteiger partial charge in [-0.1, -0.05) is 26.0 Å². The molecule has 0 saturated heterocycles. The second-order valence-corrected chi connectivity index (χ2v) is 6.72. The van der Waals surface area contributed by atoms with Crippen LogP contribution in [0.15, 0.2) is 29.6 Å². The molecule has 0 aliphatic heterocycles. The average Bonchev–Trinajstić information content (AvgIpc) is 3.00. The van der Waals surface area contributed by atoms with E-state index < -0.39 is 6.04 Å². The first kappa shape index (κ1) is 17.8. The molecule has 1 atom stereocenters. The van der Waals surface area contributed by atoms with E-state index in [1.807, 2.05) is 49.6 Å². The summed E-state index contributed by atoms with van der Waals surface area (Å²) < 4.78 is 0. The number of nitriles is 1. The van der Waals surface area contributed by atoms with Gasteiger partial charge in [-0.3, -0.25) is 4.79 Å². The fourth-order valence-electron chi connectivity index (χ4n) is 2.27. The summed E-state index contributed by atoms with van der Waals surface area (Å²) in [7, 11) is 0. The molecule has 0 radical (unpaired) electrons. The predicted molar refractivity (Wildman–Crippen MR) is 97.5 cm³/mol. The average molecular weight is 343 g/mol. The topological polar surface area (TPSA) is 104 Å². The maximum absolute atomic E-state index is 12.2. The summed E-state index contributed by atoms with van der Waals surface area (Å²) in [6, 6.07) is 9.02. The van der Waals surface area contributed by atoms with Crippen LogP contribution in [0.25, 0.3) is 11.3 Å². The largest absolute Gasteiger partial charge is 0.399 e. The molecule has 0 fully saturated rings. The van der Waals surface area contributed by atoms with Crippen LogP contribution in [0.1, 0.15) is 20.3 Å². The Balaban J connectivity index is 2.12. The van der Waals surface area contributed by atoms with E-state index in [1.54, 1.807) is 0 Å². The van der Waals surface area contributed by atoms with Crippen LogP contribution in [0.4, 0.5) is 10.8 Å². The lowest BCUT2D eigenvalue weighted by Gasteiger charge is -2.18. The van der Waals surface area contributed by atoms with Crippen molar-refractivity contribution in [3.63, 3.8) is 0 Å². The number of nitrogen functional groups attached to an aromatic ring is 1. The number of nitrogens with two attached hydrogens (primary N) is 1. The van der Waals surface area contributed by atoms with Gasteiger partial charge in [-0.15, -0.1) is 11.3 Å². The van der Waals surface area contributed by atoms with Crippen LogP contribution in [0.2, 0.25) is 0 Å². The molecule has 1 unspecified atom stereocenters. The molecule has 1 aromatic heterocycles. The molecule has 1 aromatic carbocycles. The summed E-state index contributed by atoms with van der Waals surface area (Å²) in [6.45, 7) is 4.10. The minimum atomic E-state index is -0.418. The fourth-order valence-corrected chi connectivity index (χ4v) is 3.05. The maximum atomic E-state index is 12.2. The quantitative estimate of drug-likeness (QED) is 0.530. The first-order chi connectivity index (χ1) is 11.5. The number of carbonyl (C=O) groups excluding carboxylic acids is 1. The molecule has 1 heterocycles. The number of nitrogens with zero attached hydrogens (tertiary/aromatic N) is 2. The van der Waals surface area contributed by atoms with E-state index in [9.17, 15) is 4.79 Å². The summed E-state index contributed by atoms with van der Waals surface area (Å²) in [4.78, 5) is 16.7. The molecule has 0 spiro atoms. The zero-order valence-electron chi connectivity index (χ0n) is 13.7. The SMILES string of the molecule is CC(C)CC(Nc1nc(-c2cccc(N)c2)cs1)C(=O)NCC#N. The second-order valence-electron chi connectivity index (χ2n) is 5.87. The highest BCUT2D eigenvalue weighted by atomic mass is 32.1. The highest BCUT2D eigenvalue weighted by Crippen LogP contribution is 2.27. The van der Waals surface area contributed by atoms with Gasteiger partial charge in [0.15, 0.2) is 5.13 Å². The third-order valence-electron chi connectivity index (χ3n) is 3.35. The van der Waals surface area contributed by atoms with Crippen molar-refractivity contribution in [2.75, 3.05) is 17.6 Å². The summed E-state index contributed by atoms with van der Waals surface area (Å²) >= 11 is 1.44. The van der Waals surface area contributed by atoms with Gasteiger partial charge in [-0.2, -0.15) is 5.26 Å². The monoisotopic (exact) mass is 343 g/mol. The lowest BCUT2D eigenvalue weighted by Crippen LogP contribution is -2.40. The Labute approximate surface area is 145 Å². The van der Waals surface area contributed by atoms with E-state index in [1.165, 1.54) is 11.3 Å². The Hall–Kier alpha value is -2.59. The highest BCUT2D eigenvalue weighted by molar-refractivity contribution is 7.14. The standard InChI is InChI=1S/C17H21N5OS/c1-11(2)8-14(16(23)20-7-6-18)21-17-22-15(10-24-17)12-4-3-5-13(19)9-12/h3-5,9-11,14H,7-8,19H2,1-2H3,(H,20,23)(H,21,22). The zero-order valence-corrected chi connectivity index (χ0v) is 14.6. The molecule has 0 bridgehead atoms. The summed E-state index contributed by atoms with van der Waals surface area (Å²) in [5, 5.41) is 17.0. The van der Waals surface area contributed by atoms with Gasteiger partial charge in [-0.25, -0.2) is 4.98 Å². The molecule has 0 aliphatic carbocycles. The smallest absolute Gasteiger partial charge is 0.243 e. The molecule has 6 nitrogen and oxygen atoms in total. The number of hydrogen-bond donors (Lipinski definition) is 3. The van der Waals surface area contributed by atoms with Crippen molar-refractivity contribution < 1.29 is 4.79 Å². The maximum Gasteiger partial charge on any atom is 0.243 e. The van der Waals surface area contributed by atoms with E-state index in [-0.39, 0.29) is 12.5 Å². The van der Waals surface area contributed by atoms with Crippen molar-refractivity contribution in [1.29, 1.82) is 5.26 Å². The van der Waals surface area contributed by atoms with Gasteiger partial charge in [0.1, 0.15) is 12.6 Å². The van der Waals surface area contributed by atoms with E-state index in [2.05, 4.69) is 15.6 Å². The number of anilines is 2. The zero-order chi connectivity index (χ0) is 17.5. The summed E-state index contributed by atoms with van der Waals surface area (Å²) in [6.07, 6.45) is 0.657. The minimum Gasteiger partial charge on any atom is -0.399 e. The Morgan fingerprint density at radius 2 is 2.25 bits per heavy atom. The molecule has 2 rings (SSSR count). The van der Waals surface area contributed by atoms with E-state index in [0.29, 0.717) is 23.2 Å². The third-order valence-corrected chi connectivity index (χ3v) is 4.12. The number of hydrogen-bond acceptors (Lipinski definition) is 6. The first-order valence-electron chi connectivity index (χ1n) is 7.72. The molecule has 4 N–H and O–H groups in total. The molecule has 126 valence electrons. The summed E-state index contributed by atoms with van der Waals surface area (Å²) in [5.41, 5.74) is 8.24. The van der Waals surface area contributed by atoms with Gasteiger partial charge < -0.3 is 16.4 Å². The van der Waals surface area contributed by atoms with E-state index in [4.69, 9.17) is 11.0 Å². The Kier molecular flexibility index (Phi) is 6.15. The second kappa shape index (κ2) is 8.31. The first-order valence-corrected chi connectivity index (χ1v) is 8.60. The number of amides is 1. The van der Waals surface area contributed by atoms with Crippen LogP contribution in [0.5, 0.6) is 0 Å². The van der Waals surface area contributed by atoms with Gasteiger partial charge in [0.2, 0.25) is 5.91 Å². The van der Waals surface area contributed by atoms with Gasteiger partial charge in [0.25, 0.3) is 0 Å². The predicted octanol–water partition coefficient (Wildman–Crippen LogP) is 2.86. The van der Waals surface area contributed by atoms with Gasteiger partial charge >= 0.3 is 0 Å². The molecule has 24 heavy (non-hydrogen) atoms. The van der Waals surface area contributed by atoms with Gasteiger partial charge in [0.05, 0.1) is 11.8 Å². The lowest BCUT2D eigenvalue weighted by atomic mass is 10.0. The van der Waals surface area contributed by atoms with Crippen LogP contribution in [-0.4, -0.2) is 23.5 Å². The van der Waals surface area contributed by atoms with Crippen molar-refractivity contribution in [1.82, 2.24) is 10.3 Å². The van der Waals surface area contributed by atoms with Crippen molar-refractivity contribution >= 4 is 28.1 Å². The van der Waals surface area contributed by atoms with Gasteiger partial charge in [-0.05, 0) is 24.5 Å². The van der Waals surface area contributed by atoms with Crippen LogP contribution in [0.3, 0.4) is 0 Å².